The quantitative estimate of drug-likeness (QED) is 0.636. The first-order valence-corrected chi connectivity index (χ1v) is 9.86. The smallest absolute Gasteiger partial charge is 0.223 e. The lowest BCUT2D eigenvalue weighted by Crippen LogP contribution is -2.06. The molecule has 0 unspecified atom stereocenters. The van der Waals surface area contributed by atoms with Gasteiger partial charge in [0, 0.05) is 24.0 Å². The Morgan fingerprint density at radius 2 is 2.36 bits per heavy atom. The standard InChI is InChI=1S/C16H17N5O2S2/c1-10(22)17-15-18-12(8-24-15)9-25-16-20-19-14(11-4-5-11)21(16)7-13-3-2-6-23-13/h2-3,6,8,11H,4-5,7,9H2,1H3,(H,17,18,22). The molecule has 25 heavy (non-hydrogen) atoms. The molecular formula is C16H17N5O2S2. The van der Waals surface area contributed by atoms with Crippen molar-refractivity contribution in [2.75, 3.05) is 5.32 Å². The van der Waals surface area contributed by atoms with E-state index in [2.05, 4.69) is 25.1 Å². The van der Waals surface area contributed by atoms with E-state index in [0.29, 0.717) is 23.3 Å². The third-order valence-corrected chi connectivity index (χ3v) is 5.57. The molecule has 9 heteroatoms. The van der Waals surface area contributed by atoms with Gasteiger partial charge in [-0.2, -0.15) is 0 Å². The van der Waals surface area contributed by atoms with Crippen LogP contribution in [0.5, 0.6) is 0 Å². The molecule has 0 saturated heterocycles. The molecule has 1 fully saturated rings. The van der Waals surface area contributed by atoms with Gasteiger partial charge in [0.2, 0.25) is 5.91 Å². The van der Waals surface area contributed by atoms with Gasteiger partial charge in [-0.15, -0.1) is 21.5 Å². The van der Waals surface area contributed by atoms with Crippen molar-refractivity contribution in [3.63, 3.8) is 0 Å². The summed E-state index contributed by atoms with van der Waals surface area (Å²) in [5.74, 6) is 3.02. The van der Waals surface area contributed by atoms with Crippen LogP contribution in [0.4, 0.5) is 5.13 Å². The molecule has 130 valence electrons. The van der Waals surface area contributed by atoms with Crippen LogP contribution in [0.2, 0.25) is 0 Å². The average molecular weight is 375 g/mol. The summed E-state index contributed by atoms with van der Waals surface area (Å²) in [6.45, 7) is 2.12. The van der Waals surface area contributed by atoms with E-state index in [0.717, 1.165) is 22.4 Å². The van der Waals surface area contributed by atoms with Crippen LogP contribution in [0.15, 0.2) is 33.3 Å². The zero-order valence-electron chi connectivity index (χ0n) is 13.6. The molecule has 0 aromatic carbocycles. The number of anilines is 1. The number of carbonyl (C=O) groups excluding carboxylic acids is 1. The Hall–Kier alpha value is -2.13. The van der Waals surface area contributed by atoms with Crippen LogP contribution in [-0.4, -0.2) is 25.7 Å². The highest BCUT2D eigenvalue weighted by Crippen LogP contribution is 2.40. The van der Waals surface area contributed by atoms with Crippen molar-refractivity contribution < 1.29 is 9.21 Å². The van der Waals surface area contributed by atoms with Crippen molar-refractivity contribution >= 4 is 34.1 Å². The first-order valence-electron chi connectivity index (χ1n) is 7.99. The maximum absolute atomic E-state index is 11.1. The van der Waals surface area contributed by atoms with Crippen LogP contribution in [0, 0.1) is 0 Å². The third-order valence-electron chi connectivity index (χ3n) is 3.77. The molecular weight excluding hydrogens is 358 g/mol. The van der Waals surface area contributed by atoms with Crippen molar-refractivity contribution in [1.82, 2.24) is 19.7 Å². The Bertz CT molecular complexity index is 867. The van der Waals surface area contributed by atoms with Crippen LogP contribution >= 0.6 is 23.1 Å². The monoisotopic (exact) mass is 375 g/mol. The van der Waals surface area contributed by atoms with Crippen LogP contribution in [0.3, 0.4) is 0 Å². The Morgan fingerprint density at radius 1 is 1.48 bits per heavy atom. The number of aromatic nitrogens is 4. The minimum absolute atomic E-state index is 0.110. The number of thiazole rings is 1. The summed E-state index contributed by atoms with van der Waals surface area (Å²) in [7, 11) is 0. The van der Waals surface area contributed by atoms with Crippen molar-refractivity contribution in [1.29, 1.82) is 0 Å². The molecule has 4 rings (SSSR count). The number of thioether (sulfide) groups is 1. The summed E-state index contributed by atoms with van der Waals surface area (Å²) in [5, 5.41) is 14.9. The highest BCUT2D eigenvalue weighted by atomic mass is 32.2. The molecule has 1 aliphatic carbocycles. The number of carbonyl (C=O) groups is 1. The molecule has 0 bridgehead atoms. The molecule has 3 heterocycles. The third kappa shape index (κ3) is 3.93. The molecule has 0 atom stereocenters. The second kappa shape index (κ2) is 7.01. The van der Waals surface area contributed by atoms with E-state index in [9.17, 15) is 4.79 Å². The van der Waals surface area contributed by atoms with Gasteiger partial charge in [0.05, 0.1) is 18.5 Å². The Balaban J connectivity index is 1.48. The van der Waals surface area contributed by atoms with E-state index in [-0.39, 0.29) is 5.91 Å². The van der Waals surface area contributed by atoms with Gasteiger partial charge in [-0.3, -0.25) is 9.36 Å². The van der Waals surface area contributed by atoms with E-state index in [1.807, 2.05) is 17.5 Å². The van der Waals surface area contributed by atoms with Gasteiger partial charge in [-0.05, 0) is 25.0 Å². The molecule has 1 N–H and O–H groups in total. The van der Waals surface area contributed by atoms with Gasteiger partial charge in [0.1, 0.15) is 11.6 Å². The lowest BCUT2D eigenvalue weighted by molar-refractivity contribution is -0.114. The zero-order valence-corrected chi connectivity index (χ0v) is 15.3. The van der Waals surface area contributed by atoms with Crippen LogP contribution < -0.4 is 5.32 Å². The summed E-state index contributed by atoms with van der Waals surface area (Å²) in [4.78, 5) is 15.5. The van der Waals surface area contributed by atoms with E-state index in [1.54, 1.807) is 18.0 Å². The number of hydrogen-bond donors (Lipinski definition) is 1. The summed E-state index contributed by atoms with van der Waals surface area (Å²) in [6.07, 6.45) is 4.03. The summed E-state index contributed by atoms with van der Waals surface area (Å²) >= 11 is 3.03. The van der Waals surface area contributed by atoms with E-state index in [1.165, 1.54) is 31.1 Å². The number of amides is 1. The predicted octanol–water partition coefficient (Wildman–Crippen LogP) is 3.50. The number of nitrogens with one attached hydrogen (secondary N) is 1. The van der Waals surface area contributed by atoms with Crippen molar-refractivity contribution in [2.45, 2.75) is 43.1 Å². The Labute approximate surface area is 152 Å². The van der Waals surface area contributed by atoms with Gasteiger partial charge >= 0.3 is 0 Å². The number of nitrogens with zero attached hydrogens (tertiary/aromatic N) is 4. The van der Waals surface area contributed by atoms with Crippen molar-refractivity contribution in [3.8, 4) is 0 Å². The maximum Gasteiger partial charge on any atom is 0.223 e. The van der Waals surface area contributed by atoms with Crippen molar-refractivity contribution in [3.05, 3.63) is 41.1 Å². The highest BCUT2D eigenvalue weighted by Gasteiger charge is 2.30. The summed E-state index contributed by atoms with van der Waals surface area (Å²) in [6, 6.07) is 3.85. The summed E-state index contributed by atoms with van der Waals surface area (Å²) in [5.41, 5.74) is 0.916. The van der Waals surface area contributed by atoms with Gasteiger partial charge in [-0.1, -0.05) is 11.8 Å². The maximum atomic E-state index is 11.1. The molecule has 3 aromatic heterocycles. The molecule has 3 aromatic rings. The van der Waals surface area contributed by atoms with E-state index >= 15 is 0 Å². The van der Waals surface area contributed by atoms with Gasteiger partial charge in [0.15, 0.2) is 10.3 Å². The molecule has 0 aliphatic heterocycles. The lowest BCUT2D eigenvalue weighted by atomic mass is 10.3. The SMILES string of the molecule is CC(=O)Nc1nc(CSc2nnc(C3CC3)n2Cc2ccco2)cs1. The fourth-order valence-corrected chi connectivity index (χ4v) is 4.18. The van der Waals surface area contributed by atoms with Crippen LogP contribution in [0.1, 0.15) is 43.0 Å². The first kappa shape index (κ1) is 16.3. The fourth-order valence-electron chi connectivity index (χ4n) is 2.48. The molecule has 7 nitrogen and oxygen atoms in total. The second-order valence-electron chi connectivity index (χ2n) is 5.89. The molecule has 1 aliphatic rings. The topological polar surface area (TPSA) is 85.8 Å². The molecule has 1 saturated carbocycles. The molecule has 0 spiro atoms. The minimum atomic E-state index is -0.110. The van der Waals surface area contributed by atoms with Crippen LogP contribution in [-0.2, 0) is 17.1 Å². The molecule has 0 radical (unpaired) electrons. The number of furan rings is 1. The largest absolute Gasteiger partial charge is 0.467 e. The zero-order chi connectivity index (χ0) is 17.2. The van der Waals surface area contributed by atoms with E-state index in [4.69, 9.17) is 4.42 Å². The summed E-state index contributed by atoms with van der Waals surface area (Å²) < 4.78 is 7.62. The second-order valence-corrected chi connectivity index (χ2v) is 7.70. The predicted molar refractivity (Wildman–Crippen MR) is 95.8 cm³/mol. The van der Waals surface area contributed by atoms with Crippen molar-refractivity contribution in [2.24, 2.45) is 0 Å². The minimum Gasteiger partial charge on any atom is -0.467 e. The van der Waals surface area contributed by atoms with Crippen LogP contribution in [0.25, 0.3) is 0 Å². The number of rotatable bonds is 7. The first-order chi connectivity index (χ1) is 12.2. The van der Waals surface area contributed by atoms with Gasteiger partial charge in [0.25, 0.3) is 0 Å². The Kier molecular flexibility index (Phi) is 4.58. The highest BCUT2D eigenvalue weighted by molar-refractivity contribution is 7.98. The van der Waals surface area contributed by atoms with Gasteiger partial charge in [-0.25, -0.2) is 4.98 Å². The van der Waals surface area contributed by atoms with E-state index < -0.39 is 0 Å². The molecule has 1 amide bonds. The lowest BCUT2D eigenvalue weighted by Gasteiger charge is -2.07. The average Bonchev–Trinajstić information content (AvgIpc) is 2.98. The normalized spacial score (nSPS) is 14.0. The number of hydrogen-bond acceptors (Lipinski definition) is 7. The van der Waals surface area contributed by atoms with Gasteiger partial charge < -0.3 is 9.73 Å². The fraction of sp³-hybridized carbons (Fsp3) is 0.375. The Morgan fingerprint density at radius 3 is 3.08 bits per heavy atom.